The summed E-state index contributed by atoms with van der Waals surface area (Å²) in [6.45, 7) is 2.15. The maximum atomic E-state index is 6.10. The topological polar surface area (TPSA) is 25.2 Å². The number of furan rings is 1. The highest BCUT2D eigenvalue weighted by Gasteiger charge is 2.15. The van der Waals surface area contributed by atoms with Crippen LogP contribution >= 0.6 is 23.2 Å². The Kier molecular flexibility index (Phi) is 3.97. The highest BCUT2D eigenvalue weighted by molar-refractivity contribution is 6.38. The highest BCUT2D eigenvalue weighted by Crippen LogP contribution is 2.33. The first-order valence-corrected chi connectivity index (χ1v) is 6.47. The van der Waals surface area contributed by atoms with Crippen LogP contribution in [0.3, 0.4) is 0 Å². The Morgan fingerprint density at radius 1 is 1.29 bits per heavy atom. The summed E-state index contributed by atoms with van der Waals surface area (Å²) in [7, 11) is 1.93. The Labute approximate surface area is 111 Å². The van der Waals surface area contributed by atoms with Gasteiger partial charge >= 0.3 is 0 Å². The van der Waals surface area contributed by atoms with Crippen molar-refractivity contribution in [3.8, 4) is 0 Å². The van der Waals surface area contributed by atoms with Crippen LogP contribution in [0.2, 0.25) is 10.0 Å². The molecule has 2 aromatic rings. The minimum Gasteiger partial charge on any atom is -0.458 e. The van der Waals surface area contributed by atoms with Gasteiger partial charge in [-0.15, -0.1) is 0 Å². The van der Waals surface area contributed by atoms with Crippen LogP contribution in [0.5, 0.6) is 0 Å². The molecule has 1 N–H and O–H groups in total. The quantitative estimate of drug-likeness (QED) is 0.864. The van der Waals surface area contributed by atoms with E-state index in [1.807, 2.05) is 19.2 Å². The van der Waals surface area contributed by atoms with Crippen molar-refractivity contribution in [1.82, 2.24) is 5.32 Å². The number of fused-ring (bicyclic) bond motifs is 1. The van der Waals surface area contributed by atoms with E-state index in [0.717, 1.165) is 24.0 Å². The van der Waals surface area contributed by atoms with E-state index in [1.54, 1.807) is 6.07 Å². The molecule has 1 heterocycles. The molecule has 1 unspecified atom stereocenters. The third kappa shape index (κ3) is 2.59. The minimum atomic E-state index is 0.224. The Bertz CT molecular complexity index is 521. The third-order valence-electron chi connectivity index (χ3n) is 2.82. The summed E-state index contributed by atoms with van der Waals surface area (Å²) in [6, 6.07) is 5.80. The summed E-state index contributed by atoms with van der Waals surface area (Å²) in [5.74, 6) is 0.911. The number of benzene rings is 1. The zero-order chi connectivity index (χ0) is 12.4. The van der Waals surface area contributed by atoms with Gasteiger partial charge in [0.25, 0.3) is 0 Å². The van der Waals surface area contributed by atoms with Crippen molar-refractivity contribution in [1.29, 1.82) is 0 Å². The molecule has 0 fully saturated rings. The van der Waals surface area contributed by atoms with Crippen molar-refractivity contribution >= 4 is 34.2 Å². The van der Waals surface area contributed by atoms with E-state index in [0.29, 0.717) is 15.6 Å². The molecule has 1 aromatic heterocycles. The molecule has 4 heteroatoms. The van der Waals surface area contributed by atoms with Gasteiger partial charge in [-0.1, -0.05) is 36.5 Å². The first-order valence-electron chi connectivity index (χ1n) is 5.71. The molecule has 0 aliphatic heterocycles. The molecule has 0 bridgehead atoms. The molecule has 0 spiro atoms. The smallest absolute Gasteiger partial charge is 0.153 e. The van der Waals surface area contributed by atoms with Crippen molar-refractivity contribution in [2.24, 2.45) is 0 Å². The van der Waals surface area contributed by atoms with Gasteiger partial charge in [-0.25, -0.2) is 0 Å². The standard InChI is InChI=1S/C13H15Cl2NO/c1-3-4-11(16-2)12-6-8-5-9(14)7-10(15)13(8)17-12/h5-7,11,16H,3-4H2,1-2H3. The fourth-order valence-electron chi connectivity index (χ4n) is 1.98. The summed E-state index contributed by atoms with van der Waals surface area (Å²) in [5.41, 5.74) is 0.711. The van der Waals surface area contributed by atoms with Crippen LogP contribution in [0.1, 0.15) is 31.6 Å². The molecular formula is C13H15Cl2NO. The van der Waals surface area contributed by atoms with Gasteiger partial charge in [0, 0.05) is 10.4 Å². The Morgan fingerprint density at radius 2 is 2.06 bits per heavy atom. The van der Waals surface area contributed by atoms with Gasteiger partial charge in [0.15, 0.2) is 5.58 Å². The van der Waals surface area contributed by atoms with E-state index in [2.05, 4.69) is 12.2 Å². The average Bonchev–Trinajstić information content (AvgIpc) is 2.69. The van der Waals surface area contributed by atoms with Crippen molar-refractivity contribution in [3.05, 3.63) is 34.0 Å². The van der Waals surface area contributed by atoms with Gasteiger partial charge in [-0.05, 0) is 31.7 Å². The largest absolute Gasteiger partial charge is 0.458 e. The van der Waals surface area contributed by atoms with E-state index in [-0.39, 0.29) is 6.04 Å². The maximum Gasteiger partial charge on any atom is 0.153 e. The lowest BCUT2D eigenvalue weighted by Crippen LogP contribution is -2.15. The van der Waals surface area contributed by atoms with E-state index < -0.39 is 0 Å². The first kappa shape index (κ1) is 12.7. The minimum absolute atomic E-state index is 0.224. The number of hydrogen-bond acceptors (Lipinski definition) is 2. The molecular weight excluding hydrogens is 257 g/mol. The SMILES string of the molecule is CCCC(NC)c1cc2cc(Cl)cc(Cl)c2o1. The predicted molar refractivity (Wildman–Crippen MR) is 72.9 cm³/mol. The molecule has 2 rings (SSSR count). The van der Waals surface area contributed by atoms with E-state index in [9.17, 15) is 0 Å². The van der Waals surface area contributed by atoms with Gasteiger partial charge in [0.05, 0.1) is 11.1 Å². The Morgan fingerprint density at radius 3 is 2.71 bits per heavy atom. The van der Waals surface area contributed by atoms with E-state index in [1.165, 1.54) is 0 Å². The van der Waals surface area contributed by atoms with E-state index in [4.69, 9.17) is 27.6 Å². The van der Waals surface area contributed by atoms with Crippen LogP contribution in [0.15, 0.2) is 22.6 Å². The molecule has 1 atom stereocenters. The normalized spacial score (nSPS) is 13.2. The lowest BCUT2D eigenvalue weighted by molar-refractivity contribution is 0.430. The van der Waals surface area contributed by atoms with Gasteiger partial charge in [-0.3, -0.25) is 0 Å². The summed E-state index contributed by atoms with van der Waals surface area (Å²) in [6.07, 6.45) is 2.12. The molecule has 0 aliphatic carbocycles. The Balaban J connectivity index is 2.46. The number of rotatable bonds is 4. The van der Waals surface area contributed by atoms with Crippen LogP contribution in [0, 0.1) is 0 Å². The summed E-state index contributed by atoms with van der Waals surface area (Å²) >= 11 is 12.1. The number of nitrogens with one attached hydrogen (secondary N) is 1. The summed E-state index contributed by atoms with van der Waals surface area (Å²) in [5, 5.41) is 5.39. The lowest BCUT2D eigenvalue weighted by atomic mass is 10.1. The molecule has 2 nitrogen and oxygen atoms in total. The fourth-order valence-corrected chi connectivity index (χ4v) is 2.53. The lowest BCUT2D eigenvalue weighted by Gasteiger charge is -2.11. The third-order valence-corrected chi connectivity index (χ3v) is 3.32. The second-order valence-electron chi connectivity index (χ2n) is 4.08. The molecule has 1 aromatic carbocycles. The van der Waals surface area contributed by atoms with Crippen LogP contribution in [0.25, 0.3) is 11.0 Å². The van der Waals surface area contributed by atoms with Crippen molar-refractivity contribution in [2.75, 3.05) is 7.05 Å². The molecule has 0 saturated heterocycles. The fraction of sp³-hybridized carbons (Fsp3) is 0.385. The Hall–Kier alpha value is -0.700. The van der Waals surface area contributed by atoms with Gasteiger partial charge in [-0.2, -0.15) is 0 Å². The predicted octanol–water partition coefficient (Wildman–Crippen LogP) is 4.80. The zero-order valence-corrected chi connectivity index (χ0v) is 11.4. The van der Waals surface area contributed by atoms with Crippen molar-refractivity contribution in [2.45, 2.75) is 25.8 Å². The highest BCUT2D eigenvalue weighted by atomic mass is 35.5. The second-order valence-corrected chi connectivity index (χ2v) is 4.93. The number of halogens is 2. The van der Waals surface area contributed by atoms with Gasteiger partial charge < -0.3 is 9.73 Å². The number of hydrogen-bond donors (Lipinski definition) is 1. The van der Waals surface area contributed by atoms with Crippen LogP contribution < -0.4 is 5.32 Å². The van der Waals surface area contributed by atoms with Crippen LogP contribution in [0.4, 0.5) is 0 Å². The van der Waals surface area contributed by atoms with Crippen LogP contribution in [-0.4, -0.2) is 7.05 Å². The first-order chi connectivity index (χ1) is 8.15. The van der Waals surface area contributed by atoms with Crippen molar-refractivity contribution in [3.63, 3.8) is 0 Å². The molecule has 0 amide bonds. The summed E-state index contributed by atoms with van der Waals surface area (Å²) in [4.78, 5) is 0. The monoisotopic (exact) mass is 271 g/mol. The second kappa shape index (κ2) is 5.30. The van der Waals surface area contributed by atoms with Crippen molar-refractivity contribution < 1.29 is 4.42 Å². The molecule has 17 heavy (non-hydrogen) atoms. The van der Waals surface area contributed by atoms with Crippen LogP contribution in [-0.2, 0) is 0 Å². The molecule has 0 radical (unpaired) electrons. The van der Waals surface area contributed by atoms with Gasteiger partial charge in [0.1, 0.15) is 5.76 Å². The molecule has 0 saturated carbocycles. The summed E-state index contributed by atoms with van der Waals surface area (Å²) < 4.78 is 5.81. The van der Waals surface area contributed by atoms with Gasteiger partial charge in [0.2, 0.25) is 0 Å². The molecule has 92 valence electrons. The molecule has 0 aliphatic rings. The average molecular weight is 272 g/mol. The maximum absolute atomic E-state index is 6.10. The van der Waals surface area contributed by atoms with E-state index >= 15 is 0 Å². The zero-order valence-electron chi connectivity index (χ0n) is 9.89.